The minimum atomic E-state index is -5.23. The minimum Gasteiger partial charge on any atom is -0.422 e. The van der Waals surface area contributed by atoms with Gasteiger partial charge in [0, 0.05) is 10.8 Å². The Balaban J connectivity index is 1.75. The fourth-order valence-electron chi connectivity index (χ4n) is 4.47. The van der Waals surface area contributed by atoms with Gasteiger partial charge in [0.2, 0.25) is 0 Å². The molecule has 0 bridgehead atoms. The molecule has 0 aromatic heterocycles. The Labute approximate surface area is 247 Å². The number of ether oxygens (including phenoxy) is 2. The Kier molecular flexibility index (Phi) is 7.86. The van der Waals surface area contributed by atoms with E-state index in [0.717, 1.165) is 12.1 Å². The second kappa shape index (κ2) is 11.3. The molecule has 0 spiro atoms. The van der Waals surface area contributed by atoms with Crippen molar-refractivity contribution in [3.63, 3.8) is 0 Å². The van der Waals surface area contributed by atoms with Crippen molar-refractivity contribution in [1.29, 1.82) is 0 Å². The molecule has 0 saturated carbocycles. The molecule has 0 aliphatic heterocycles. The summed E-state index contributed by atoms with van der Waals surface area (Å²) in [6, 6.07) is 3.74. The van der Waals surface area contributed by atoms with Crippen LogP contribution in [0.1, 0.15) is 31.8 Å². The Morgan fingerprint density at radius 2 is 0.761 bits per heavy atom. The summed E-state index contributed by atoms with van der Waals surface area (Å²) in [5, 5.41) is -3.40. The number of carbonyl (C=O) groups excluding carboxylic acids is 2. The maximum Gasteiger partial charge on any atom is 0.417 e. The van der Waals surface area contributed by atoms with Crippen LogP contribution in [-0.4, -0.2) is 11.9 Å². The molecule has 0 unspecified atom stereocenters. The van der Waals surface area contributed by atoms with Crippen LogP contribution in [0.15, 0.2) is 60.7 Å². The molecule has 5 aromatic carbocycles. The van der Waals surface area contributed by atoms with Gasteiger partial charge in [0.1, 0.15) is 11.5 Å². The van der Waals surface area contributed by atoms with Crippen molar-refractivity contribution in [3.8, 4) is 11.5 Å². The number of hydrogen-bond donors (Lipinski definition) is 0. The van der Waals surface area contributed by atoms with E-state index in [1.54, 1.807) is 0 Å². The number of esters is 2. The van der Waals surface area contributed by atoms with Crippen molar-refractivity contribution in [3.05, 3.63) is 118 Å². The zero-order valence-electron chi connectivity index (χ0n) is 21.9. The van der Waals surface area contributed by atoms with Crippen LogP contribution in [-0.2, 0) is 12.4 Å². The van der Waals surface area contributed by atoms with Crippen LogP contribution in [0.5, 0.6) is 11.5 Å². The molecular weight excluding hydrogens is 652 g/mol. The molecule has 238 valence electrons. The number of alkyl halides is 6. The van der Waals surface area contributed by atoms with Crippen molar-refractivity contribution in [1.82, 2.24) is 0 Å². The van der Waals surface area contributed by atoms with E-state index in [0.29, 0.717) is 12.1 Å². The predicted octanol–water partition coefficient (Wildman–Crippen LogP) is 9.30. The van der Waals surface area contributed by atoms with E-state index in [9.17, 15) is 62.3 Å². The van der Waals surface area contributed by atoms with Gasteiger partial charge < -0.3 is 9.47 Å². The van der Waals surface area contributed by atoms with E-state index in [-0.39, 0.29) is 36.4 Å². The molecule has 0 fully saturated rings. The first-order valence-corrected chi connectivity index (χ1v) is 12.3. The van der Waals surface area contributed by atoms with Gasteiger partial charge >= 0.3 is 24.3 Å². The van der Waals surface area contributed by atoms with Crippen LogP contribution in [0, 0.1) is 34.9 Å². The SMILES string of the molecule is O=C(Oc1ccc(OC(=O)c2cc(F)c(F)c(F)c2)c2cc3c(C(F)(F)F)ccc(C(F)(F)F)c3cc12)c1cc(F)c(F)c(F)c1. The van der Waals surface area contributed by atoms with Crippen LogP contribution in [0.3, 0.4) is 0 Å². The van der Waals surface area contributed by atoms with Crippen LogP contribution in [0.2, 0.25) is 0 Å². The number of carbonyl (C=O) groups is 2. The quantitative estimate of drug-likeness (QED) is 0.0633. The van der Waals surface area contributed by atoms with Gasteiger partial charge in [-0.15, -0.1) is 0 Å². The van der Waals surface area contributed by atoms with E-state index in [4.69, 9.17) is 9.47 Å². The number of fused-ring (bicyclic) bond motifs is 2. The second-order valence-corrected chi connectivity index (χ2v) is 9.45. The summed E-state index contributed by atoms with van der Waals surface area (Å²) in [5.74, 6) is -15.8. The van der Waals surface area contributed by atoms with E-state index >= 15 is 0 Å². The highest BCUT2D eigenvalue weighted by Gasteiger charge is 2.38. The third-order valence-corrected chi connectivity index (χ3v) is 6.53. The van der Waals surface area contributed by atoms with Gasteiger partial charge in [0.05, 0.1) is 22.3 Å². The number of benzene rings is 5. The lowest BCUT2D eigenvalue weighted by Crippen LogP contribution is -2.13. The number of rotatable bonds is 4. The lowest BCUT2D eigenvalue weighted by atomic mass is 9.94. The molecule has 0 aliphatic rings. The van der Waals surface area contributed by atoms with Gasteiger partial charge in [-0.3, -0.25) is 0 Å². The first kappa shape index (κ1) is 32.1. The zero-order chi connectivity index (χ0) is 33.9. The first-order valence-electron chi connectivity index (χ1n) is 12.3. The largest absolute Gasteiger partial charge is 0.422 e. The standard InChI is InChI=1S/C30H10F12O4/c31-19-5-11(6-20(32)25(19)35)27(43)45-23-3-4-24(46-28(44)12-7-21(33)26(36)22(34)8-12)16-10-14-13(9-15(16)23)17(29(37,38)39)1-2-18(14)30(40,41)42/h1-10H. The third kappa shape index (κ3) is 5.89. The zero-order valence-corrected chi connectivity index (χ0v) is 21.9. The van der Waals surface area contributed by atoms with Gasteiger partial charge in [0.15, 0.2) is 34.9 Å². The summed E-state index contributed by atoms with van der Waals surface area (Å²) < 4.78 is 175. The average Bonchev–Trinajstić information content (AvgIpc) is 2.96. The van der Waals surface area contributed by atoms with Crippen molar-refractivity contribution >= 4 is 33.5 Å². The molecule has 46 heavy (non-hydrogen) atoms. The average molecular weight is 662 g/mol. The van der Waals surface area contributed by atoms with Crippen molar-refractivity contribution in [2.24, 2.45) is 0 Å². The van der Waals surface area contributed by atoms with Crippen molar-refractivity contribution < 1.29 is 71.7 Å². The summed E-state index contributed by atoms with van der Waals surface area (Å²) in [6.45, 7) is 0. The maximum atomic E-state index is 13.9. The fraction of sp³-hybridized carbons (Fsp3) is 0.0667. The Morgan fingerprint density at radius 3 is 1.04 bits per heavy atom. The molecule has 5 rings (SSSR count). The highest BCUT2D eigenvalue weighted by molar-refractivity contribution is 6.08. The summed E-state index contributed by atoms with van der Waals surface area (Å²) in [4.78, 5) is 25.4. The molecule has 0 radical (unpaired) electrons. The van der Waals surface area contributed by atoms with Gasteiger partial charge in [-0.1, -0.05) is 0 Å². The maximum absolute atomic E-state index is 13.9. The number of halogens is 12. The summed E-state index contributed by atoms with van der Waals surface area (Å²) >= 11 is 0. The van der Waals surface area contributed by atoms with Crippen molar-refractivity contribution in [2.75, 3.05) is 0 Å². The molecule has 0 saturated heterocycles. The molecule has 5 aromatic rings. The Bertz CT molecular complexity index is 1890. The lowest BCUT2D eigenvalue weighted by Gasteiger charge is -2.18. The molecule has 0 N–H and O–H groups in total. The third-order valence-electron chi connectivity index (χ3n) is 6.53. The second-order valence-electron chi connectivity index (χ2n) is 9.45. The van der Waals surface area contributed by atoms with Crippen LogP contribution >= 0.6 is 0 Å². The molecule has 0 aliphatic carbocycles. The molecule has 0 amide bonds. The lowest BCUT2D eigenvalue weighted by molar-refractivity contribution is -0.139. The van der Waals surface area contributed by atoms with Gasteiger partial charge in [-0.05, 0) is 71.4 Å². The summed E-state index contributed by atoms with van der Waals surface area (Å²) in [5.41, 5.74) is -4.98. The van der Waals surface area contributed by atoms with E-state index in [2.05, 4.69) is 0 Å². The van der Waals surface area contributed by atoms with Gasteiger partial charge in [0.25, 0.3) is 0 Å². The highest BCUT2D eigenvalue weighted by Crippen LogP contribution is 2.45. The molecule has 4 nitrogen and oxygen atoms in total. The highest BCUT2D eigenvalue weighted by atomic mass is 19.4. The summed E-state index contributed by atoms with van der Waals surface area (Å²) in [6.07, 6.45) is -10.5. The topological polar surface area (TPSA) is 52.6 Å². The molecule has 0 atom stereocenters. The van der Waals surface area contributed by atoms with E-state index < -0.39 is 114 Å². The minimum absolute atomic E-state index is 0.147. The van der Waals surface area contributed by atoms with Crippen molar-refractivity contribution in [2.45, 2.75) is 12.4 Å². The van der Waals surface area contributed by atoms with Gasteiger partial charge in [-0.2, -0.15) is 26.3 Å². The summed E-state index contributed by atoms with van der Waals surface area (Å²) in [7, 11) is 0. The Morgan fingerprint density at radius 1 is 0.457 bits per heavy atom. The van der Waals surface area contributed by atoms with Crippen LogP contribution < -0.4 is 9.47 Å². The van der Waals surface area contributed by atoms with Gasteiger partial charge in [-0.25, -0.2) is 35.9 Å². The first-order chi connectivity index (χ1) is 21.4. The number of hydrogen-bond acceptors (Lipinski definition) is 4. The fourth-order valence-corrected chi connectivity index (χ4v) is 4.47. The molecule has 0 heterocycles. The molecule has 16 heteroatoms. The van der Waals surface area contributed by atoms with E-state index in [1.807, 2.05) is 0 Å². The smallest absolute Gasteiger partial charge is 0.417 e. The monoisotopic (exact) mass is 662 g/mol. The normalized spacial score (nSPS) is 12.1. The van der Waals surface area contributed by atoms with Crippen LogP contribution in [0.4, 0.5) is 52.7 Å². The molecular formula is C30H10F12O4. The van der Waals surface area contributed by atoms with Crippen LogP contribution in [0.25, 0.3) is 21.5 Å². The Hall–Kier alpha value is -5.28. The van der Waals surface area contributed by atoms with E-state index in [1.165, 1.54) is 0 Å². The predicted molar refractivity (Wildman–Crippen MR) is 134 cm³/mol.